The maximum atomic E-state index is 5.36. The van der Waals surface area contributed by atoms with Crippen molar-refractivity contribution in [2.45, 2.75) is 19.3 Å². The van der Waals surface area contributed by atoms with Crippen molar-refractivity contribution in [2.75, 3.05) is 0 Å². The van der Waals surface area contributed by atoms with E-state index in [0.29, 0.717) is 17.5 Å². The summed E-state index contributed by atoms with van der Waals surface area (Å²) in [5.41, 5.74) is 15.6. The molecule has 2 aromatic heterocycles. The van der Waals surface area contributed by atoms with Gasteiger partial charge in [0.25, 0.3) is 0 Å². The summed E-state index contributed by atoms with van der Waals surface area (Å²) in [6.45, 7) is 4.64. The summed E-state index contributed by atoms with van der Waals surface area (Å²) in [7, 11) is 0. The van der Waals surface area contributed by atoms with Gasteiger partial charge in [-0.05, 0) is 62.7 Å². The molecule has 7 aromatic carbocycles. The molecule has 0 unspecified atom stereocenters. The third-order valence-electron chi connectivity index (χ3n) is 11.0. The van der Waals surface area contributed by atoms with Gasteiger partial charge in [0, 0.05) is 33.1 Å². The van der Waals surface area contributed by atoms with Crippen LogP contribution in [0.15, 0.2) is 182 Å². The Morgan fingerprint density at radius 2 is 0.782 bits per heavy atom. The number of pyridine rings is 1. The van der Waals surface area contributed by atoms with Gasteiger partial charge in [-0.15, -0.1) is 0 Å². The quantitative estimate of drug-likeness (QED) is 0.173. The minimum atomic E-state index is -0.126. The lowest BCUT2D eigenvalue weighted by Crippen LogP contribution is -2.14. The summed E-state index contributed by atoms with van der Waals surface area (Å²) < 4.78 is 0. The Labute approximate surface area is 320 Å². The van der Waals surface area contributed by atoms with Crippen LogP contribution >= 0.6 is 0 Å². The molecule has 0 atom stereocenters. The van der Waals surface area contributed by atoms with Crippen LogP contribution in [0.3, 0.4) is 0 Å². The first kappa shape index (κ1) is 32.6. The van der Waals surface area contributed by atoms with Gasteiger partial charge in [0.05, 0.1) is 11.2 Å². The summed E-state index contributed by atoms with van der Waals surface area (Å²) in [5, 5.41) is 1.13. The smallest absolute Gasteiger partial charge is 0.164 e. The van der Waals surface area contributed by atoms with E-state index >= 15 is 0 Å². The first-order valence-electron chi connectivity index (χ1n) is 18.7. The standard InChI is InChI=1S/C51H36N4/c1-51(2)44-21-13-12-20-40(44)42-30-43-41(31-46(52-47(43)32-45(42)51)36-26-22-34(23-27-36)33-14-6-3-7-15-33)35-24-28-39(29-25-35)50-54-48(37-16-8-4-9-17-37)53-49(55-50)38-18-10-5-11-19-38/h3-32H,1-2H3. The van der Waals surface area contributed by atoms with Crippen LogP contribution in [-0.2, 0) is 5.41 Å². The predicted octanol–water partition coefficient (Wildman–Crippen LogP) is 12.7. The van der Waals surface area contributed by atoms with Crippen molar-refractivity contribution in [1.29, 1.82) is 0 Å². The van der Waals surface area contributed by atoms with Gasteiger partial charge in [-0.2, -0.15) is 0 Å². The van der Waals surface area contributed by atoms with E-state index in [1.54, 1.807) is 0 Å². The van der Waals surface area contributed by atoms with Crippen LogP contribution in [0.2, 0.25) is 0 Å². The minimum Gasteiger partial charge on any atom is -0.248 e. The van der Waals surface area contributed by atoms with E-state index in [1.165, 1.54) is 33.4 Å². The fourth-order valence-corrected chi connectivity index (χ4v) is 8.01. The topological polar surface area (TPSA) is 51.6 Å². The molecule has 10 rings (SSSR count). The molecule has 0 radical (unpaired) electrons. The molecule has 0 bridgehead atoms. The van der Waals surface area contributed by atoms with Crippen molar-refractivity contribution < 1.29 is 0 Å². The molecule has 4 heteroatoms. The molecule has 0 N–H and O–H groups in total. The first-order chi connectivity index (χ1) is 27.0. The highest BCUT2D eigenvalue weighted by Gasteiger charge is 2.35. The van der Waals surface area contributed by atoms with Gasteiger partial charge in [0.1, 0.15) is 0 Å². The Morgan fingerprint density at radius 3 is 1.38 bits per heavy atom. The maximum Gasteiger partial charge on any atom is 0.164 e. The Kier molecular flexibility index (Phi) is 7.77. The second-order valence-corrected chi connectivity index (χ2v) is 14.7. The summed E-state index contributed by atoms with van der Waals surface area (Å²) in [4.78, 5) is 20.2. The predicted molar refractivity (Wildman–Crippen MR) is 225 cm³/mol. The van der Waals surface area contributed by atoms with Crippen LogP contribution in [0.4, 0.5) is 0 Å². The highest BCUT2D eigenvalue weighted by molar-refractivity contribution is 6.01. The molecule has 9 aromatic rings. The van der Waals surface area contributed by atoms with Gasteiger partial charge in [0.2, 0.25) is 0 Å². The van der Waals surface area contributed by atoms with E-state index < -0.39 is 0 Å². The van der Waals surface area contributed by atoms with Gasteiger partial charge in [0.15, 0.2) is 17.5 Å². The molecule has 0 spiro atoms. The molecule has 0 aliphatic heterocycles. The number of aromatic nitrogens is 4. The van der Waals surface area contributed by atoms with Crippen LogP contribution in [0.25, 0.3) is 89.7 Å². The summed E-state index contributed by atoms with van der Waals surface area (Å²) in [6.07, 6.45) is 0. The highest BCUT2D eigenvalue weighted by atomic mass is 15.0. The second kappa shape index (κ2) is 13.1. The molecular weight excluding hydrogens is 669 g/mol. The fraction of sp³-hybridized carbons (Fsp3) is 0.0588. The van der Waals surface area contributed by atoms with Crippen molar-refractivity contribution in [3.05, 3.63) is 193 Å². The summed E-state index contributed by atoms with van der Waals surface area (Å²) >= 11 is 0. The molecule has 0 saturated heterocycles. The molecule has 0 fully saturated rings. The lowest BCUT2D eigenvalue weighted by molar-refractivity contribution is 0.661. The van der Waals surface area contributed by atoms with Crippen molar-refractivity contribution >= 4 is 10.9 Å². The SMILES string of the molecule is CC1(C)c2ccccc2-c2cc3c(-c4ccc(-c5nc(-c6ccccc6)nc(-c6ccccc6)n5)cc4)cc(-c4ccc(-c5ccccc5)cc4)nc3cc21. The average Bonchev–Trinajstić information content (AvgIpc) is 3.48. The van der Waals surface area contributed by atoms with Crippen LogP contribution in [0.1, 0.15) is 25.0 Å². The first-order valence-corrected chi connectivity index (χ1v) is 18.7. The monoisotopic (exact) mass is 704 g/mol. The molecule has 1 aliphatic rings. The molecule has 2 heterocycles. The largest absolute Gasteiger partial charge is 0.248 e. The normalized spacial score (nSPS) is 12.7. The third-order valence-corrected chi connectivity index (χ3v) is 11.0. The highest BCUT2D eigenvalue weighted by Crippen LogP contribution is 2.50. The van der Waals surface area contributed by atoms with E-state index in [4.69, 9.17) is 19.9 Å². The third kappa shape index (κ3) is 5.80. The lowest BCUT2D eigenvalue weighted by atomic mass is 9.82. The maximum absolute atomic E-state index is 5.36. The molecule has 0 saturated carbocycles. The fourth-order valence-electron chi connectivity index (χ4n) is 8.01. The number of rotatable bonds is 6. The second-order valence-electron chi connectivity index (χ2n) is 14.7. The Morgan fingerprint density at radius 1 is 0.327 bits per heavy atom. The number of nitrogens with zero attached hydrogens (tertiary/aromatic N) is 4. The van der Waals surface area contributed by atoms with Crippen LogP contribution in [0, 0.1) is 0 Å². The van der Waals surface area contributed by atoms with Crippen molar-refractivity contribution in [2.24, 2.45) is 0 Å². The van der Waals surface area contributed by atoms with Crippen molar-refractivity contribution in [3.8, 4) is 78.8 Å². The molecule has 55 heavy (non-hydrogen) atoms. The summed E-state index contributed by atoms with van der Waals surface area (Å²) in [5.74, 6) is 1.93. The lowest BCUT2D eigenvalue weighted by Gasteiger charge is -2.22. The Bertz CT molecular complexity index is 2790. The van der Waals surface area contributed by atoms with Crippen molar-refractivity contribution in [3.63, 3.8) is 0 Å². The zero-order valence-electron chi connectivity index (χ0n) is 30.6. The van der Waals surface area contributed by atoms with Gasteiger partial charge in [-0.1, -0.05) is 178 Å². The van der Waals surface area contributed by atoms with E-state index in [-0.39, 0.29) is 5.41 Å². The average molecular weight is 705 g/mol. The van der Waals surface area contributed by atoms with E-state index in [0.717, 1.165) is 50.0 Å². The van der Waals surface area contributed by atoms with Gasteiger partial charge >= 0.3 is 0 Å². The van der Waals surface area contributed by atoms with E-state index in [2.05, 4.69) is 135 Å². The number of fused-ring (bicyclic) bond motifs is 4. The number of benzene rings is 7. The number of hydrogen-bond donors (Lipinski definition) is 0. The zero-order chi connectivity index (χ0) is 36.9. The molecule has 260 valence electrons. The van der Waals surface area contributed by atoms with E-state index in [1.807, 2.05) is 60.7 Å². The van der Waals surface area contributed by atoms with E-state index in [9.17, 15) is 0 Å². The molecule has 4 nitrogen and oxygen atoms in total. The van der Waals surface area contributed by atoms with Crippen LogP contribution in [0.5, 0.6) is 0 Å². The van der Waals surface area contributed by atoms with Crippen LogP contribution in [-0.4, -0.2) is 19.9 Å². The zero-order valence-corrected chi connectivity index (χ0v) is 30.6. The van der Waals surface area contributed by atoms with Gasteiger partial charge in [-0.3, -0.25) is 0 Å². The minimum absolute atomic E-state index is 0.126. The molecule has 1 aliphatic carbocycles. The Balaban J connectivity index is 1.12. The summed E-state index contributed by atoms with van der Waals surface area (Å²) in [6, 6.07) is 63.8. The van der Waals surface area contributed by atoms with Crippen LogP contribution < -0.4 is 0 Å². The van der Waals surface area contributed by atoms with Crippen molar-refractivity contribution in [1.82, 2.24) is 19.9 Å². The molecular formula is C51H36N4. The number of hydrogen-bond acceptors (Lipinski definition) is 4. The molecule has 0 amide bonds. The Hall–Kier alpha value is -7.04. The van der Waals surface area contributed by atoms with Gasteiger partial charge < -0.3 is 0 Å². The van der Waals surface area contributed by atoms with Gasteiger partial charge in [-0.25, -0.2) is 19.9 Å².